The largest absolute Gasteiger partial charge is 0.486 e. The number of nitriles is 1. The molecule has 0 saturated carbocycles. The molecule has 0 aliphatic carbocycles. The Morgan fingerprint density at radius 1 is 1.05 bits per heavy atom. The zero-order chi connectivity index (χ0) is 13.7. The molecule has 0 radical (unpaired) electrons. The molecule has 2 aromatic carbocycles. The summed E-state index contributed by atoms with van der Waals surface area (Å²) in [5.74, 6) is -1.39. The molecule has 0 saturated heterocycles. The number of benzene rings is 2. The molecule has 0 aromatic heterocycles. The summed E-state index contributed by atoms with van der Waals surface area (Å²) in [6.07, 6.45) is 0.269. The Morgan fingerprint density at radius 3 is 2.47 bits per heavy atom. The van der Waals surface area contributed by atoms with Crippen molar-refractivity contribution >= 4 is 0 Å². The fraction of sp³-hybridized carbons (Fsp3) is 0.133. The predicted molar refractivity (Wildman–Crippen MR) is 66.4 cm³/mol. The van der Waals surface area contributed by atoms with Crippen LogP contribution >= 0.6 is 0 Å². The molecule has 0 amide bonds. The van der Waals surface area contributed by atoms with Crippen molar-refractivity contribution in [1.29, 1.82) is 5.26 Å². The molecule has 4 heteroatoms. The number of halogens is 2. The Hall–Kier alpha value is -2.41. The van der Waals surface area contributed by atoms with Crippen LogP contribution in [0.4, 0.5) is 8.78 Å². The van der Waals surface area contributed by atoms with E-state index in [1.54, 1.807) is 0 Å². The van der Waals surface area contributed by atoms with E-state index in [9.17, 15) is 8.78 Å². The third-order valence-electron chi connectivity index (χ3n) is 2.66. The Bertz CT molecular complexity index is 620. The number of hydrogen-bond acceptors (Lipinski definition) is 2. The Morgan fingerprint density at radius 2 is 1.79 bits per heavy atom. The van der Waals surface area contributed by atoms with Crippen LogP contribution in [-0.2, 0) is 13.0 Å². The summed E-state index contributed by atoms with van der Waals surface area (Å²) >= 11 is 0. The molecule has 0 atom stereocenters. The molecule has 0 spiro atoms. The standard InChI is InChI=1S/C15H11F2NO/c16-13-5-6-15(14(17)9-13)19-10-12-4-2-1-3-11(12)7-8-18/h1-6,9H,7,10H2. The van der Waals surface area contributed by atoms with E-state index >= 15 is 0 Å². The second-order valence-electron chi connectivity index (χ2n) is 3.97. The fourth-order valence-corrected chi connectivity index (χ4v) is 1.70. The van der Waals surface area contributed by atoms with Crippen LogP contribution in [0.5, 0.6) is 5.75 Å². The van der Waals surface area contributed by atoms with Gasteiger partial charge in [-0.1, -0.05) is 24.3 Å². The summed E-state index contributed by atoms with van der Waals surface area (Å²) in [6, 6.07) is 12.5. The van der Waals surface area contributed by atoms with E-state index < -0.39 is 11.6 Å². The van der Waals surface area contributed by atoms with Crippen molar-refractivity contribution in [2.45, 2.75) is 13.0 Å². The van der Waals surface area contributed by atoms with Crippen molar-refractivity contribution in [2.75, 3.05) is 0 Å². The molecule has 0 aliphatic rings. The summed E-state index contributed by atoms with van der Waals surface area (Å²) in [6.45, 7) is 0.139. The Balaban J connectivity index is 2.12. The average molecular weight is 259 g/mol. The minimum Gasteiger partial charge on any atom is -0.486 e. The van der Waals surface area contributed by atoms with Crippen molar-refractivity contribution in [3.8, 4) is 11.8 Å². The van der Waals surface area contributed by atoms with Crippen LogP contribution in [0, 0.1) is 23.0 Å². The van der Waals surface area contributed by atoms with E-state index in [0.717, 1.165) is 23.3 Å². The summed E-state index contributed by atoms with van der Waals surface area (Å²) in [5, 5.41) is 8.71. The van der Waals surface area contributed by atoms with E-state index in [4.69, 9.17) is 10.00 Å². The van der Waals surface area contributed by atoms with Gasteiger partial charge in [0.2, 0.25) is 0 Å². The summed E-state index contributed by atoms with van der Waals surface area (Å²) in [4.78, 5) is 0. The maximum absolute atomic E-state index is 13.4. The summed E-state index contributed by atoms with van der Waals surface area (Å²) in [7, 11) is 0. The lowest BCUT2D eigenvalue weighted by molar-refractivity contribution is 0.288. The van der Waals surface area contributed by atoms with Gasteiger partial charge in [0.05, 0.1) is 12.5 Å². The zero-order valence-corrected chi connectivity index (χ0v) is 10.1. The third-order valence-corrected chi connectivity index (χ3v) is 2.66. The van der Waals surface area contributed by atoms with E-state index in [2.05, 4.69) is 6.07 Å². The van der Waals surface area contributed by atoms with Gasteiger partial charge in [0.25, 0.3) is 0 Å². The SMILES string of the molecule is N#CCc1ccccc1COc1ccc(F)cc1F. The molecule has 96 valence electrons. The van der Waals surface area contributed by atoms with Gasteiger partial charge in [-0.05, 0) is 23.3 Å². The number of nitrogens with zero attached hydrogens (tertiary/aromatic N) is 1. The average Bonchev–Trinajstić information content (AvgIpc) is 2.40. The molecule has 0 aliphatic heterocycles. The van der Waals surface area contributed by atoms with Crippen LogP contribution in [0.1, 0.15) is 11.1 Å². The first-order valence-electron chi connectivity index (χ1n) is 5.72. The molecule has 0 fully saturated rings. The van der Waals surface area contributed by atoms with Crippen LogP contribution in [0.25, 0.3) is 0 Å². The first-order chi connectivity index (χ1) is 9.20. The van der Waals surface area contributed by atoms with Gasteiger partial charge in [-0.2, -0.15) is 5.26 Å². The van der Waals surface area contributed by atoms with Crippen LogP contribution in [0.3, 0.4) is 0 Å². The van der Waals surface area contributed by atoms with Gasteiger partial charge in [-0.15, -0.1) is 0 Å². The van der Waals surface area contributed by atoms with Gasteiger partial charge in [0.1, 0.15) is 12.4 Å². The van der Waals surface area contributed by atoms with Crippen molar-refractivity contribution in [2.24, 2.45) is 0 Å². The highest BCUT2D eigenvalue weighted by molar-refractivity contribution is 5.30. The third kappa shape index (κ3) is 3.29. The molecule has 2 aromatic rings. The topological polar surface area (TPSA) is 33.0 Å². The second kappa shape index (κ2) is 5.96. The van der Waals surface area contributed by atoms with Crippen molar-refractivity contribution in [3.63, 3.8) is 0 Å². The second-order valence-corrected chi connectivity index (χ2v) is 3.97. The molecule has 0 unspecified atom stereocenters. The van der Waals surface area contributed by atoms with Crippen LogP contribution < -0.4 is 4.74 Å². The lowest BCUT2D eigenvalue weighted by Crippen LogP contribution is -2.01. The van der Waals surface area contributed by atoms with Crippen LogP contribution in [0.15, 0.2) is 42.5 Å². The van der Waals surface area contributed by atoms with Gasteiger partial charge in [0.15, 0.2) is 11.6 Å². The summed E-state index contributed by atoms with van der Waals surface area (Å²) < 4.78 is 31.4. The lowest BCUT2D eigenvalue weighted by Gasteiger charge is -2.10. The van der Waals surface area contributed by atoms with E-state index in [1.807, 2.05) is 24.3 Å². The van der Waals surface area contributed by atoms with Gasteiger partial charge >= 0.3 is 0 Å². The molecule has 0 bridgehead atoms. The van der Waals surface area contributed by atoms with Crippen LogP contribution in [0.2, 0.25) is 0 Å². The normalized spacial score (nSPS) is 9.95. The van der Waals surface area contributed by atoms with E-state index in [1.165, 1.54) is 6.07 Å². The van der Waals surface area contributed by atoms with Crippen molar-refractivity contribution < 1.29 is 13.5 Å². The Kier molecular flexibility index (Phi) is 4.09. The minimum absolute atomic E-state index is 0.00633. The Labute approximate surface area is 109 Å². The van der Waals surface area contributed by atoms with Crippen LogP contribution in [-0.4, -0.2) is 0 Å². The molecular weight excluding hydrogens is 248 g/mol. The highest BCUT2D eigenvalue weighted by atomic mass is 19.1. The first-order valence-corrected chi connectivity index (χ1v) is 5.72. The first kappa shape index (κ1) is 13.0. The number of rotatable bonds is 4. The number of hydrogen-bond donors (Lipinski definition) is 0. The van der Waals surface area contributed by atoms with Crippen molar-refractivity contribution in [1.82, 2.24) is 0 Å². The molecule has 0 N–H and O–H groups in total. The molecule has 2 nitrogen and oxygen atoms in total. The quantitative estimate of drug-likeness (QED) is 0.840. The van der Waals surface area contributed by atoms with Crippen molar-refractivity contribution in [3.05, 3.63) is 65.2 Å². The van der Waals surface area contributed by atoms with Gasteiger partial charge in [-0.25, -0.2) is 8.78 Å². The number of ether oxygens (including phenoxy) is 1. The van der Waals surface area contributed by atoms with Gasteiger partial charge < -0.3 is 4.74 Å². The molecule has 0 heterocycles. The highest BCUT2D eigenvalue weighted by Gasteiger charge is 2.07. The van der Waals surface area contributed by atoms with Gasteiger partial charge in [0, 0.05) is 6.07 Å². The molecular formula is C15H11F2NO. The highest BCUT2D eigenvalue weighted by Crippen LogP contribution is 2.20. The fourth-order valence-electron chi connectivity index (χ4n) is 1.70. The lowest BCUT2D eigenvalue weighted by atomic mass is 10.1. The minimum atomic E-state index is -0.738. The van der Waals surface area contributed by atoms with E-state index in [0.29, 0.717) is 0 Å². The monoisotopic (exact) mass is 259 g/mol. The molecule has 19 heavy (non-hydrogen) atoms. The van der Waals surface area contributed by atoms with Gasteiger partial charge in [-0.3, -0.25) is 0 Å². The van der Waals surface area contributed by atoms with E-state index in [-0.39, 0.29) is 18.8 Å². The smallest absolute Gasteiger partial charge is 0.167 e. The maximum atomic E-state index is 13.4. The zero-order valence-electron chi connectivity index (χ0n) is 10.1. The molecule has 2 rings (SSSR count). The predicted octanol–water partition coefficient (Wildman–Crippen LogP) is 3.61. The maximum Gasteiger partial charge on any atom is 0.167 e. The summed E-state index contributed by atoms with van der Waals surface area (Å²) in [5.41, 5.74) is 1.65.